The van der Waals surface area contributed by atoms with Gasteiger partial charge < -0.3 is 15.0 Å². The van der Waals surface area contributed by atoms with Crippen molar-refractivity contribution in [3.63, 3.8) is 0 Å². The third-order valence-corrected chi connectivity index (χ3v) is 5.35. The molecule has 0 spiro atoms. The van der Waals surface area contributed by atoms with Crippen molar-refractivity contribution >= 4 is 29.2 Å². The second kappa shape index (κ2) is 9.98. The zero-order valence-corrected chi connectivity index (χ0v) is 18.4. The number of ether oxygens (including phenoxy) is 1. The lowest BCUT2D eigenvalue weighted by atomic mass is 10.0. The first-order valence-electron chi connectivity index (χ1n) is 10.4. The summed E-state index contributed by atoms with van der Waals surface area (Å²) in [4.78, 5) is 26.7. The van der Waals surface area contributed by atoms with E-state index in [2.05, 4.69) is 10.4 Å². The van der Waals surface area contributed by atoms with Gasteiger partial charge in [-0.2, -0.15) is 5.10 Å². The number of halogens is 1. The summed E-state index contributed by atoms with van der Waals surface area (Å²) in [7, 11) is 0. The highest BCUT2D eigenvalue weighted by Gasteiger charge is 2.29. The number of piperidine rings is 1. The van der Waals surface area contributed by atoms with Crippen LogP contribution in [0.2, 0.25) is 5.02 Å². The van der Waals surface area contributed by atoms with Crippen molar-refractivity contribution in [3.05, 3.63) is 41.6 Å². The second-order valence-corrected chi connectivity index (χ2v) is 8.52. The maximum atomic E-state index is 12.8. The lowest BCUT2D eigenvalue weighted by Crippen LogP contribution is -2.45. The fourth-order valence-electron chi connectivity index (χ4n) is 3.65. The molecule has 2 amide bonds. The Labute approximate surface area is 182 Å². The van der Waals surface area contributed by atoms with E-state index in [1.165, 1.54) is 0 Å². The average Bonchev–Trinajstić information content (AvgIpc) is 3.14. The molecule has 162 valence electrons. The predicted molar refractivity (Wildman–Crippen MR) is 117 cm³/mol. The molecule has 0 unspecified atom stereocenters. The zero-order chi connectivity index (χ0) is 21.7. The molecule has 0 aliphatic carbocycles. The van der Waals surface area contributed by atoms with Gasteiger partial charge in [-0.15, -0.1) is 0 Å². The van der Waals surface area contributed by atoms with Crippen LogP contribution in [-0.2, 0) is 9.59 Å². The van der Waals surface area contributed by atoms with Gasteiger partial charge in [0.15, 0.2) is 6.10 Å². The van der Waals surface area contributed by atoms with E-state index in [-0.39, 0.29) is 17.9 Å². The van der Waals surface area contributed by atoms with Crippen molar-refractivity contribution in [1.82, 2.24) is 14.7 Å². The van der Waals surface area contributed by atoms with E-state index >= 15 is 0 Å². The number of benzene rings is 1. The number of nitrogens with one attached hydrogen (secondary N) is 1. The van der Waals surface area contributed by atoms with Crippen LogP contribution in [0.5, 0.6) is 5.75 Å². The van der Waals surface area contributed by atoms with E-state index in [9.17, 15) is 9.59 Å². The molecule has 30 heavy (non-hydrogen) atoms. The van der Waals surface area contributed by atoms with E-state index < -0.39 is 6.10 Å². The van der Waals surface area contributed by atoms with Crippen molar-refractivity contribution in [2.45, 2.75) is 52.2 Å². The number of carbonyl (C=O) groups is 2. The Bertz CT molecular complexity index is 875. The summed E-state index contributed by atoms with van der Waals surface area (Å²) in [5.74, 6) is 1.54. The number of anilines is 1. The maximum absolute atomic E-state index is 12.8. The molecule has 7 nitrogen and oxygen atoms in total. The van der Waals surface area contributed by atoms with Crippen LogP contribution in [0.3, 0.4) is 0 Å². The standard InChI is InChI=1S/C22H29ClN4O3/c1-15(2)13-21(28)25-20-7-10-24-27(20)18-8-11-26(12-9-18)22(29)16(3)30-19-6-4-5-17(23)14-19/h4-7,10,14-16,18H,8-9,11-13H2,1-3H3,(H,25,28)/t16-/m1/s1. The van der Waals surface area contributed by atoms with Gasteiger partial charge in [-0.05, 0) is 43.9 Å². The average molecular weight is 433 g/mol. The van der Waals surface area contributed by atoms with E-state index in [1.54, 1.807) is 37.4 Å². The van der Waals surface area contributed by atoms with Gasteiger partial charge in [-0.25, -0.2) is 4.68 Å². The highest BCUT2D eigenvalue weighted by atomic mass is 35.5. The van der Waals surface area contributed by atoms with Gasteiger partial charge in [0.05, 0.1) is 12.2 Å². The van der Waals surface area contributed by atoms with E-state index in [1.807, 2.05) is 29.5 Å². The lowest BCUT2D eigenvalue weighted by molar-refractivity contribution is -0.139. The van der Waals surface area contributed by atoms with Crippen LogP contribution in [0, 0.1) is 5.92 Å². The highest BCUT2D eigenvalue weighted by molar-refractivity contribution is 6.30. The summed E-state index contributed by atoms with van der Waals surface area (Å²) in [6, 6.07) is 9.00. The van der Waals surface area contributed by atoms with Crippen LogP contribution >= 0.6 is 11.6 Å². The molecule has 0 radical (unpaired) electrons. The van der Waals surface area contributed by atoms with Crippen molar-refractivity contribution in [2.24, 2.45) is 5.92 Å². The topological polar surface area (TPSA) is 76.5 Å². The Morgan fingerprint density at radius 1 is 1.23 bits per heavy atom. The van der Waals surface area contributed by atoms with Crippen LogP contribution in [0.25, 0.3) is 0 Å². The second-order valence-electron chi connectivity index (χ2n) is 8.08. The number of carbonyl (C=O) groups excluding carboxylic acids is 2. The summed E-state index contributed by atoms with van der Waals surface area (Å²) in [6.07, 6.45) is 3.12. The largest absolute Gasteiger partial charge is 0.481 e. The zero-order valence-electron chi connectivity index (χ0n) is 17.7. The summed E-state index contributed by atoms with van der Waals surface area (Å²) >= 11 is 5.98. The van der Waals surface area contributed by atoms with Gasteiger partial charge in [0, 0.05) is 30.6 Å². The summed E-state index contributed by atoms with van der Waals surface area (Å²) in [5, 5.41) is 7.93. The molecule has 2 aromatic rings. The van der Waals surface area contributed by atoms with Crippen molar-refractivity contribution in [3.8, 4) is 5.75 Å². The maximum Gasteiger partial charge on any atom is 0.263 e. The van der Waals surface area contributed by atoms with Crippen LogP contribution in [-0.4, -0.2) is 45.7 Å². The first kappa shape index (κ1) is 22.2. The number of likely N-dealkylation sites (tertiary alicyclic amines) is 1. The monoisotopic (exact) mass is 432 g/mol. The Balaban J connectivity index is 1.54. The van der Waals surface area contributed by atoms with Crippen molar-refractivity contribution in [2.75, 3.05) is 18.4 Å². The molecule has 1 aliphatic heterocycles. The van der Waals surface area contributed by atoms with Gasteiger partial charge in [-0.3, -0.25) is 9.59 Å². The third kappa shape index (κ3) is 5.75. The molecule has 2 heterocycles. The quantitative estimate of drug-likeness (QED) is 0.712. The van der Waals surface area contributed by atoms with Crippen molar-refractivity contribution in [1.29, 1.82) is 0 Å². The van der Waals surface area contributed by atoms with E-state index in [0.29, 0.717) is 42.0 Å². The molecule has 1 atom stereocenters. The summed E-state index contributed by atoms with van der Waals surface area (Å²) in [5.41, 5.74) is 0. The number of nitrogens with zero attached hydrogens (tertiary/aromatic N) is 3. The minimum Gasteiger partial charge on any atom is -0.481 e. The Hall–Kier alpha value is -2.54. The van der Waals surface area contributed by atoms with Crippen LogP contribution < -0.4 is 10.1 Å². The molecule has 1 aliphatic rings. The first-order chi connectivity index (χ1) is 14.3. The first-order valence-corrected chi connectivity index (χ1v) is 10.8. The highest BCUT2D eigenvalue weighted by Crippen LogP contribution is 2.26. The molecule has 1 aromatic carbocycles. The fraction of sp³-hybridized carbons (Fsp3) is 0.500. The molecule has 0 saturated carbocycles. The molecular weight excluding hydrogens is 404 g/mol. The predicted octanol–water partition coefficient (Wildman–Crippen LogP) is 4.15. The molecule has 0 bridgehead atoms. The Morgan fingerprint density at radius 3 is 2.63 bits per heavy atom. The van der Waals surface area contributed by atoms with Gasteiger partial charge >= 0.3 is 0 Å². The lowest BCUT2D eigenvalue weighted by Gasteiger charge is -2.34. The van der Waals surface area contributed by atoms with Gasteiger partial charge in [0.2, 0.25) is 5.91 Å². The smallest absolute Gasteiger partial charge is 0.263 e. The fourth-order valence-corrected chi connectivity index (χ4v) is 3.83. The molecule has 1 aromatic heterocycles. The summed E-state index contributed by atoms with van der Waals surface area (Å²) in [6.45, 7) is 7.02. The summed E-state index contributed by atoms with van der Waals surface area (Å²) < 4.78 is 7.63. The molecule has 8 heteroatoms. The van der Waals surface area contributed by atoms with Gasteiger partial charge in [-0.1, -0.05) is 31.5 Å². The number of aromatic nitrogens is 2. The van der Waals surface area contributed by atoms with Crippen LogP contribution in [0.15, 0.2) is 36.5 Å². The Morgan fingerprint density at radius 2 is 1.97 bits per heavy atom. The third-order valence-electron chi connectivity index (χ3n) is 5.11. The number of amides is 2. The normalized spacial score (nSPS) is 15.8. The SMILES string of the molecule is CC(C)CC(=O)Nc1ccnn1C1CCN(C(=O)[C@@H](C)Oc2cccc(Cl)c2)CC1. The number of hydrogen-bond acceptors (Lipinski definition) is 4. The van der Waals surface area contributed by atoms with E-state index in [0.717, 1.165) is 12.8 Å². The van der Waals surface area contributed by atoms with Gasteiger partial charge in [0.1, 0.15) is 11.6 Å². The number of rotatable bonds is 7. The van der Waals surface area contributed by atoms with Crippen molar-refractivity contribution < 1.29 is 14.3 Å². The Kier molecular flexibility index (Phi) is 7.37. The minimum atomic E-state index is -0.587. The molecule has 1 saturated heterocycles. The van der Waals surface area contributed by atoms with E-state index in [4.69, 9.17) is 16.3 Å². The molecular formula is C22H29ClN4O3. The molecule has 1 N–H and O–H groups in total. The molecule has 3 rings (SSSR count). The molecule has 1 fully saturated rings. The van der Waals surface area contributed by atoms with Crippen LogP contribution in [0.1, 0.15) is 46.1 Å². The van der Waals surface area contributed by atoms with Gasteiger partial charge in [0.25, 0.3) is 5.91 Å². The number of hydrogen-bond donors (Lipinski definition) is 1. The minimum absolute atomic E-state index is 0.00801. The van der Waals surface area contributed by atoms with Crippen LogP contribution in [0.4, 0.5) is 5.82 Å².